The van der Waals surface area contributed by atoms with Gasteiger partial charge in [0.05, 0.1) is 17.6 Å². The van der Waals surface area contributed by atoms with Crippen LogP contribution in [0.15, 0.2) is 73.0 Å². The maximum Gasteiger partial charge on any atom is 0.295 e. The molecule has 1 N–H and O–H groups in total. The highest BCUT2D eigenvalue weighted by Gasteiger charge is 2.46. The third kappa shape index (κ3) is 3.71. The van der Waals surface area contributed by atoms with Crippen molar-refractivity contribution in [2.24, 2.45) is 0 Å². The number of Topliss-reactive ketones (excluding diaryl/α,β-unsaturated/α-hetero) is 1. The topological polar surface area (TPSA) is 88.3 Å². The second kappa shape index (κ2) is 8.28. The van der Waals surface area contributed by atoms with Gasteiger partial charge in [-0.25, -0.2) is 9.37 Å². The van der Waals surface area contributed by atoms with Gasteiger partial charge in [-0.2, -0.15) is 0 Å². The van der Waals surface area contributed by atoms with Crippen molar-refractivity contribution >= 4 is 17.4 Å². The van der Waals surface area contributed by atoms with Gasteiger partial charge in [-0.1, -0.05) is 6.07 Å². The van der Waals surface area contributed by atoms with Crippen LogP contribution in [-0.4, -0.2) is 42.8 Å². The number of imidazole rings is 1. The molecule has 1 saturated heterocycles. The monoisotopic (exact) mass is 406 g/mol. The molecule has 2 aromatic heterocycles. The zero-order chi connectivity index (χ0) is 21.1. The number of aliphatic hydroxyl groups is 1. The van der Waals surface area contributed by atoms with Crippen LogP contribution in [0.1, 0.15) is 23.7 Å². The smallest absolute Gasteiger partial charge is 0.295 e. The molecule has 8 heteroatoms. The number of rotatable bonds is 6. The lowest BCUT2D eigenvalue weighted by Crippen LogP contribution is -2.31. The molecule has 3 aromatic rings. The molecule has 152 valence electrons. The Balaban J connectivity index is 1.71. The molecule has 0 saturated carbocycles. The number of aromatic nitrogens is 3. The van der Waals surface area contributed by atoms with Crippen molar-refractivity contribution in [1.29, 1.82) is 0 Å². The van der Waals surface area contributed by atoms with Gasteiger partial charge in [-0.15, -0.1) is 0 Å². The molecule has 0 unspecified atom stereocenters. The number of carbonyl (C=O) groups is 2. The first-order valence-corrected chi connectivity index (χ1v) is 9.47. The maximum atomic E-state index is 13.3. The van der Waals surface area contributed by atoms with Crippen molar-refractivity contribution in [3.05, 3.63) is 90.0 Å². The fraction of sp³-hybridized carbons (Fsp3) is 0.182. The summed E-state index contributed by atoms with van der Waals surface area (Å²) in [5.41, 5.74) is 0.685. The normalized spacial score (nSPS) is 18.2. The summed E-state index contributed by atoms with van der Waals surface area (Å²) in [4.78, 5) is 35.4. The highest BCUT2D eigenvalue weighted by Crippen LogP contribution is 2.38. The summed E-state index contributed by atoms with van der Waals surface area (Å²) >= 11 is 0. The van der Waals surface area contributed by atoms with Gasteiger partial charge in [0.2, 0.25) is 0 Å². The molecular weight excluding hydrogens is 387 g/mol. The molecule has 0 radical (unpaired) electrons. The number of likely N-dealkylation sites (tertiary alicyclic amines) is 1. The lowest BCUT2D eigenvalue weighted by molar-refractivity contribution is -0.140. The Kier molecular flexibility index (Phi) is 5.38. The predicted molar refractivity (Wildman–Crippen MR) is 106 cm³/mol. The number of aryl methyl sites for hydroxylation is 1. The zero-order valence-electron chi connectivity index (χ0n) is 16.0. The maximum absolute atomic E-state index is 13.3. The molecule has 1 aliphatic heterocycles. The average Bonchev–Trinajstić information content (AvgIpc) is 3.37. The van der Waals surface area contributed by atoms with Crippen LogP contribution in [0.5, 0.6) is 0 Å². The summed E-state index contributed by atoms with van der Waals surface area (Å²) in [6.07, 6.45) is 7.32. The standard InChI is InChI=1S/C22H19FN4O3/c23-16-7-5-15(6-8-16)20(28)18-19(17-4-1-2-9-25-17)27(22(30)21(18)29)12-3-11-26-13-10-24-14-26/h1-2,4-10,13-14,19,28H,3,11-12H2/b20-18+/t19-/m0/s1. The van der Waals surface area contributed by atoms with Crippen molar-refractivity contribution < 1.29 is 19.1 Å². The van der Waals surface area contributed by atoms with Crippen LogP contribution in [-0.2, 0) is 16.1 Å². The molecule has 1 fully saturated rings. The Labute approximate surface area is 172 Å². The number of benzene rings is 1. The van der Waals surface area contributed by atoms with Crippen LogP contribution in [0.25, 0.3) is 5.76 Å². The molecule has 4 rings (SSSR count). The largest absolute Gasteiger partial charge is 0.507 e. The molecule has 1 atom stereocenters. The Hall–Kier alpha value is -3.81. The minimum absolute atomic E-state index is 0.0482. The van der Waals surface area contributed by atoms with Crippen LogP contribution in [0, 0.1) is 5.82 Å². The van der Waals surface area contributed by atoms with E-state index in [0.29, 0.717) is 25.2 Å². The van der Waals surface area contributed by atoms with E-state index in [9.17, 15) is 19.1 Å². The number of aliphatic hydroxyl groups excluding tert-OH is 1. The highest BCUT2D eigenvalue weighted by atomic mass is 19.1. The van der Waals surface area contributed by atoms with E-state index in [-0.39, 0.29) is 16.9 Å². The third-order valence-corrected chi connectivity index (χ3v) is 5.00. The molecule has 30 heavy (non-hydrogen) atoms. The molecular formula is C22H19FN4O3. The van der Waals surface area contributed by atoms with Crippen molar-refractivity contribution in [2.45, 2.75) is 19.0 Å². The number of ketones is 1. The lowest BCUT2D eigenvalue weighted by Gasteiger charge is -2.24. The summed E-state index contributed by atoms with van der Waals surface area (Å²) in [6.45, 7) is 0.917. The van der Waals surface area contributed by atoms with Gasteiger partial charge in [0.15, 0.2) is 0 Å². The van der Waals surface area contributed by atoms with E-state index in [2.05, 4.69) is 9.97 Å². The number of halogens is 1. The van der Waals surface area contributed by atoms with Crippen LogP contribution in [0.4, 0.5) is 4.39 Å². The number of pyridine rings is 1. The second-order valence-electron chi connectivity index (χ2n) is 6.91. The van der Waals surface area contributed by atoms with Gasteiger partial charge >= 0.3 is 0 Å². The van der Waals surface area contributed by atoms with E-state index in [4.69, 9.17) is 0 Å². The van der Waals surface area contributed by atoms with Crippen molar-refractivity contribution in [2.75, 3.05) is 6.54 Å². The number of hydrogen-bond acceptors (Lipinski definition) is 5. The van der Waals surface area contributed by atoms with E-state index in [0.717, 1.165) is 0 Å². The number of nitrogens with zero attached hydrogens (tertiary/aromatic N) is 4. The first-order valence-electron chi connectivity index (χ1n) is 9.47. The minimum atomic E-state index is -0.820. The highest BCUT2D eigenvalue weighted by molar-refractivity contribution is 6.46. The van der Waals surface area contributed by atoms with Gasteiger partial charge in [-0.05, 0) is 42.8 Å². The summed E-state index contributed by atoms with van der Waals surface area (Å²) in [5.74, 6) is -2.29. The fourth-order valence-corrected chi connectivity index (χ4v) is 3.56. The summed E-state index contributed by atoms with van der Waals surface area (Å²) in [6, 6.07) is 9.48. The quantitative estimate of drug-likeness (QED) is 0.386. The fourth-order valence-electron chi connectivity index (χ4n) is 3.56. The van der Waals surface area contributed by atoms with Gasteiger partial charge < -0.3 is 14.6 Å². The van der Waals surface area contributed by atoms with Gasteiger partial charge in [0.25, 0.3) is 11.7 Å². The first kappa shape index (κ1) is 19.5. The van der Waals surface area contributed by atoms with Crippen LogP contribution < -0.4 is 0 Å². The van der Waals surface area contributed by atoms with E-state index in [1.165, 1.54) is 29.2 Å². The summed E-state index contributed by atoms with van der Waals surface area (Å²) in [7, 11) is 0. The molecule has 0 bridgehead atoms. The minimum Gasteiger partial charge on any atom is -0.507 e. The van der Waals surface area contributed by atoms with Crippen molar-refractivity contribution in [3.8, 4) is 0 Å². The van der Waals surface area contributed by atoms with Crippen LogP contribution in [0.3, 0.4) is 0 Å². The first-order chi connectivity index (χ1) is 14.6. The molecule has 7 nitrogen and oxygen atoms in total. The van der Waals surface area contributed by atoms with Crippen molar-refractivity contribution in [1.82, 2.24) is 19.4 Å². The zero-order valence-corrected chi connectivity index (χ0v) is 16.0. The van der Waals surface area contributed by atoms with E-state index < -0.39 is 23.5 Å². The Bertz CT molecular complexity index is 1080. The molecule has 1 aliphatic rings. The molecule has 0 spiro atoms. The molecule has 1 aromatic carbocycles. The molecule has 3 heterocycles. The van der Waals surface area contributed by atoms with E-state index in [1.807, 2.05) is 10.8 Å². The lowest BCUT2D eigenvalue weighted by atomic mass is 9.98. The SMILES string of the molecule is O=C1C(=O)N(CCCn2ccnc2)[C@@H](c2ccccn2)/C1=C(\O)c1ccc(F)cc1. The molecule has 1 amide bonds. The second-order valence-corrected chi connectivity index (χ2v) is 6.91. The number of carbonyl (C=O) groups excluding carboxylic acids is 2. The van der Waals surface area contributed by atoms with E-state index in [1.54, 1.807) is 36.9 Å². The van der Waals surface area contributed by atoms with Crippen molar-refractivity contribution in [3.63, 3.8) is 0 Å². The predicted octanol–water partition coefficient (Wildman–Crippen LogP) is 2.93. The van der Waals surface area contributed by atoms with Crippen LogP contribution in [0.2, 0.25) is 0 Å². The third-order valence-electron chi connectivity index (χ3n) is 5.00. The summed E-state index contributed by atoms with van der Waals surface area (Å²) < 4.78 is 15.2. The number of amides is 1. The van der Waals surface area contributed by atoms with Crippen LogP contribution >= 0.6 is 0 Å². The Morgan fingerprint density at radius 1 is 1.07 bits per heavy atom. The van der Waals surface area contributed by atoms with Gasteiger partial charge in [0, 0.05) is 37.2 Å². The van der Waals surface area contributed by atoms with Gasteiger partial charge in [0.1, 0.15) is 17.6 Å². The Morgan fingerprint density at radius 2 is 1.87 bits per heavy atom. The average molecular weight is 406 g/mol. The van der Waals surface area contributed by atoms with E-state index >= 15 is 0 Å². The molecule has 0 aliphatic carbocycles. The Morgan fingerprint density at radius 3 is 2.53 bits per heavy atom. The van der Waals surface area contributed by atoms with Gasteiger partial charge in [-0.3, -0.25) is 14.6 Å². The number of hydrogen-bond donors (Lipinski definition) is 1. The summed E-state index contributed by atoms with van der Waals surface area (Å²) in [5, 5.41) is 10.8.